The number of rotatable bonds is 4. The maximum absolute atomic E-state index is 9.49. The molecule has 3 rings (SSSR count). The lowest BCUT2D eigenvalue weighted by Crippen LogP contribution is -2.51. The van der Waals surface area contributed by atoms with Crippen molar-refractivity contribution in [1.82, 2.24) is 10.6 Å². The zero-order valence-electron chi connectivity index (χ0n) is 12.1. The van der Waals surface area contributed by atoms with Gasteiger partial charge in [0.1, 0.15) is 0 Å². The Morgan fingerprint density at radius 1 is 0.895 bits per heavy atom. The average molecular weight is 266 g/mol. The second kappa shape index (κ2) is 6.55. The zero-order valence-corrected chi connectivity index (χ0v) is 12.1. The molecular weight excluding hydrogens is 236 g/mol. The van der Waals surface area contributed by atoms with Crippen molar-refractivity contribution in [3.8, 4) is 0 Å². The first-order chi connectivity index (χ1) is 9.38. The van der Waals surface area contributed by atoms with Gasteiger partial charge >= 0.3 is 0 Å². The molecule has 0 spiro atoms. The predicted molar refractivity (Wildman–Crippen MR) is 78.1 cm³/mol. The Hall–Kier alpha value is -0.120. The van der Waals surface area contributed by atoms with E-state index in [2.05, 4.69) is 10.6 Å². The van der Waals surface area contributed by atoms with E-state index >= 15 is 0 Å². The van der Waals surface area contributed by atoms with Gasteiger partial charge in [-0.05, 0) is 56.9 Å². The molecule has 1 aliphatic heterocycles. The maximum Gasteiger partial charge on any atom is 0.0474 e. The SMILES string of the molecule is OCC1CCCC1NC1CCCCC1C1CCCN1. The molecule has 110 valence electrons. The summed E-state index contributed by atoms with van der Waals surface area (Å²) in [5.74, 6) is 1.34. The molecule has 2 saturated carbocycles. The summed E-state index contributed by atoms with van der Waals surface area (Å²) in [5.41, 5.74) is 0. The lowest BCUT2D eigenvalue weighted by atomic mass is 9.78. The highest BCUT2D eigenvalue weighted by atomic mass is 16.3. The first-order valence-electron chi connectivity index (χ1n) is 8.49. The molecule has 2 aliphatic carbocycles. The summed E-state index contributed by atoms with van der Waals surface area (Å²) in [6.45, 7) is 1.59. The van der Waals surface area contributed by atoms with Crippen molar-refractivity contribution >= 4 is 0 Å². The first kappa shape index (κ1) is 13.8. The Morgan fingerprint density at radius 2 is 1.74 bits per heavy atom. The fourth-order valence-electron chi connectivity index (χ4n) is 4.67. The van der Waals surface area contributed by atoms with Crippen molar-refractivity contribution in [1.29, 1.82) is 0 Å². The van der Waals surface area contributed by atoms with Crippen molar-refractivity contribution in [3.05, 3.63) is 0 Å². The van der Waals surface area contributed by atoms with Crippen LogP contribution in [0.4, 0.5) is 0 Å². The van der Waals surface area contributed by atoms with Crippen molar-refractivity contribution in [3.63, 3.8) is 0 Å². The molecule has 3 fully saturated rings. The molecule has 0 bridgehead atoms. The normalized spacial score (nSPS) is 43.7. The van der Waals surface area contributed by atoms with Crippen LogP contribution in [0.2, 0.25) is 0 Å². The zero-order chi connectivity index (χ0) is 13.1. The van der Waals surface area contributed by atoms with Crippen LogP contribution in [-0.4, -0.2) is 36.4 Å². The highest BCUT2D eigenvalue weighted by Crippen LogP contribution is 2.33. The van der Waals surface area contributed by atoms with Crippen LogP contribution in [0.15, 0.2) is 0 Å². The average Bonchev–Trinajstić information content (AvgIpc) is 3.10. The van der Waals surface area contributed by atoms with Crippen LogP contribution in [0.1, 0.15) is 57.8 Å². The van der Waals surface area contributed by atoms with Crippen LogP contribution in [-0.2, 0) is 0 Å². The van der Waals surface area contributed by atoms with Gasteiger partial charge in [-0.2, -0.15) is 0 Å². The van der Waals surface area contributed by atoms with Crippen LogP contribution < -0.4 is 10.6 Å². The molecule has 1 saturated heterocycles. The van der Waals surface area contributed by atoms with Gasteiger partial charge < -0.3 is 15.7 Å². The van der Waals surface area contributed by atoms with Crippen LogP contribution >= 0.6 is 0 Å². The summed E-state index contributed by atoms with van der Waals surface area (Å²) in [6, 6.07) is 2.03. The fraction of sp³-hybridized carbons (Fsp3) is 1.00. The van der Waals surface area contributed by atoms with Crippen molar-refractivity contribution in [2.75, 3.05) is 13.2 Å². The van der Waals surface area contributed by atoms with Gasteiger partial charge in [-0.1, -0.05) is 19.3 Å². The topological polar surface area (TPSA) is 44.3 Å². The second-order valence-corrected chi connectivity index (χ2v) is 6.90. The van der Waals surface area contributed by atoms with Gasteiger partial charge in [0, 0.05) is 24.7 Å². The predicted octanol–water partition coefficient (Wildman–Crippen LogP) is 2.05. The Morgan fingerprint density at radius 3 is 2.53 bits per heavy atom. The largest absolute Gasteiger partial charge is 0.396 e. The molecule has 0 aromatic rings. The Bertz CT molecular complexity index is 278. The van der Waals surface area contributed by atoms with Crippen molar-refractivity contribution in [2.45, 2.75) is 75.9 Å². The number of hydrogen-bond acceptors (Lipinski definition) is 3. The van der Waals surface area contributed by atoms with E-state index in [-0.39, 0.29) is 0 Å². The van der Waals surface area contributed by atoms with Crippen LogP contribution in [0.5, 0.6) is 0 Å². The third-order valence-corrected chi connectivity index (χ3v) is 5.76. The number of aliphatic hydroxyl groups excluding tert-OH is 1. The molecular formula is C16H30N2O. The van der Waals surface area contributed by atoms with Gasteiger partial charge in [-0.15, -0.1) is 0 Å². The monoisotopic (exact) mass is 266 g/mol. The third kappa shape index (κ3) is 3.14. The van der Waals surface area contributed by atoms with Gasteiger partial charge in [0.25, 0.3) is 0 Å². The summed E-state index contributed by atoms with van der Waals surface area (Å²) in [7, 11) is 0. The van der Waals surface area contributed by atoms with E-state index in [1.807, 2.05) is 0 Å². The van der Waals surface area contributed by atoms with E-state index in [9.17, 15) is 5.11 Å². The molecule has 5 atom stereocenters. The van der Waals surface area contributed by atoms with Gasteiger partial charge in [0.05, 0.1) is 0 Å². The number of hydrogen-bond donors (Lipinski definition) is 3. The number of aliphatic hydroxyl groups is 1. The molecule has 3 N–H and O–H groups in total. The van der Waals surface area contributed by atoms with E-state index in [4.69, 9.17) is 0 Å². The molecule has 19 heavy (non-hydrogen) atoms. The first-order valence-corrected chi connectivity index (χ1v) is 8.49. The molecule has 3 nitrogen and oxygen atoms in total. The van der Waals surface area contributed by atoms with Gasteiger partial charge in [0.15, 0.2) is 0 Å². The molecule has 1 heterocycles. The quantitative estimate of drug-likeness (QED) is 0.730. The third-order valence-electron chi connectivity index (χ3n) is 5.76. The van der Waals surface area contributed by atoms with Gasteiger partial charge in [-0.25, -0.2) is 0 Å². The minimum absolute atomic E-state index is 0.372. The molecule has 0 radical (unpaired) electrons. The molecule has 0 amide bonds. The lowest BCUT2D eigenvalue weighted by Gasteiger charge is -2.39. The lowest BCUT2D eigenvalue weighted by molar-refractivity contribution is 0.161. The summed E-state index contributed by atoms with van der Waals surface area (Å²) < 4.78 is 0. The summed E-state index contributed by atoms with van der Waals surface area (Å²) in [6.07, 6.45) is 12.0. The van der Waals surface area contributed by atoms with Crippen molar-refractivity contribution in [2.24, 2.45) is 11.8 Å². The van der Waals surface area contributed by atoms with Crippen LogP contribution in [0.3, 0.4) is 0 Å². The molecule has 5 unspecified atom stereocenters. The highest BCUT2D eigenvalue weighted by molar-refractivity contribution is 4.94. The maximum atomic E-state index is 9.49. The standard InChI is InChI=1S/C16H30N2O/c19-11-12-5-3-8-14(12)18-16-7-2-1-6-13(16)15-9-4-10-17-15/h12-19H,1-11H2. The van der Waals surface area contributed by atoms with Crippen LogP contribution in [0.25, 0.3) is 0 Å². The smallest absolute Gasteiger partial charge is 0.0474 e. The Balaban J connectivity index is 1.60. The molecule has 3 aliphatic rings. The summed E-state index contributed by atoms with van der Waals surface area (Å²) >= 11 is 0. The second-order valence-electron chi connectivity index (χ2n) is 6.90. The molecule has 0 aromatic heterocycles. The van der Waals surface area contributed by atoms with E-state index < -0.39 is 0 Å². The van der Waals surface area contributed by atoms with E-state index in [1.165, 1.54) is 64.3 Å². The minimum Gasteiger partial charge on any atom is -0.396 e. The Kier molecular flexibility index (Phi) is 4.78. The molecule has 0 aromatic carbocycles. The highest BCUT2D eigenvalue weighted by Gasteiger charge is 2.36. The molecule has 3 heteroatoms. The van der Waals surface area contributed by atoms with Crippen molar-refractivity contribution < 1.29 is 5.11 Å². The van der Waals surface area contributed by atoms with E-state index in [0.717, 1.165) is 12.0 Å². The van der Waals surface area contributed by atoms with E-state index in [0.29, 0.717) is 24.6 Å². The van der Waals surface area contributed by atoms with E-state index in [1.54, 1.807) is 0 Å². The fourth-order valence-corrected chi connectivity index (χ4v) is 4.67. The summed E-state index contributed by atoms with van der Waals surface area (Å²) in [5, 5.41) is 17.2. The summed E-state index contributed by atoms with van der Waals surface area (Å²) in [4.78, 5) is 0. The Labute approximate surface area is 117 Å². The van der Waals surface area contributed by atoms with Gasteiger partial charge in [0.2, 0.25) is 0 Å². The minimum atomic E-state index is 0.372. The van der Waals surface area contributed by atoms with Gasteiger partial charge in [-0.3, -0.25) is 0 Å². The number of nitrogens with one attached hydrogen (secondary N) is 2. The van der Waals surface area contributed by atoms with Crippen LogP contribution in [0, 0.1) is 11.8 Å².